The quantitative estimate of drug-likeness (QED) is 0.0172. The van der Waals surface area contributed by atoms with Crippen molar-refractivity contribution in [1.29, 1.82) is 0 Å². The number of allylic oxidation sites excluding steroid dienone is 10. The van der Waals surface area contributed by atoms with Gasteiger partial charge >= 0.3 is 11.9 Å². The van der Waals surface area contributed by atoms with Gasteiger partial charge in [0.15, 0.2) is 18.7 Å². The molecular weight excluding hydrogens is 925 g/mol. The average Bonchev–Trinajstić information content (AvgIpc) is 3.37. The van der Waals surface area contributed by atoms with Crippen LogP contribution in [0.3, 0.4) is 0 Å². The molecule has 416 valence electrons. The molecule has 15 nitrogen and oxygen atoms in total. The first-order valence-electron chi connectivity index (χ1n) is 27.9. The van der Waals surface area contributed by atoms with E-state index in [1.165, 1.54) is 96.3 Å². The van der Waals surface area contributed by atoms with E-state index in [1.54, 1.807) is 0 Å². The first kappa shape index (κ1) is 65.3. The van der Waals surface area contributed by atoms with Crippen molar-refractivity contribution in [2.45, 2.75) is 261 Å². The number of aliphatic hydroxyl groups is 7. The highest BCUT2D eigenvalue weighted by Crippen LogP contribution is 2.26. The zero-order chi connectivity index (χ0) is 52.4. The Hall–Kier alpha value is -2.80. The third-order valence-electron chi connectivity index (χ3n) is 13.0. The molecule has 2 aliphatic heterocycles. The van der Waals surface area contributed by atoms with Crippen LogP contribution in [0.4, 0.5) is 0 Å². The van der Waals surface area contributed by atoms with Gasteiger partial charge in [-0.3, -0.25) is 9.59 Å². The highest BCUT2D eigenvalue weighted by atomic mass is 16.7. The molecule has 0 aromatic heterocycles. The smallest absolute Gasteiger partial charge is 0.306 e. The maximum Gasteiger partial charge on any atom is 0.306 e. The van der Waals surface area contributed by atoms with Crippen molar-refractivity contribution in [2.24, 2.45) is 0 Å². The SMILES string of the molecule is CC/C=C\C/C=C\C/C=C\C/C=C\C/C=C\CCCC(=O)OC(COC(=O)CCCCCCCCCCCCCCCCCCCCC)COC1OC(COC2OC(CO)C(O)C(O)C2O)C(O)C(O)C1O. The van der Waals surface area contributed by atoms with Crippen LogP contribution in [0.15, 0.2) is 60.8 Å². The van der Waals surface area contributed by atoms with Gasteiger partial charge < -0.3 is 64.2 Å². The van der Waals surface area contributed by atoms with E-state index in [1.807, 2.05) is 12.2 Å². The first-order chi connectivity index (χ1) is 35.0. The minimum atomic E-state index is -1.78. The normalized spacial score (nSPS) is 25.5. The molecule has 15 heteroatoms. The molecule has 0 bridgehead atoms. The molecule has 2 rings (SSSR count). The lowest BCUT2D eigenvalue weighted by Crippen LogP contribution is -2.61. The van der Waals surface area contributed by atoms with Crippen molar-refractivity contribution in [3.05, 3.63) is 60.8 Å². The minimum Gasteiger partial charge on any atom is -0.462 e. The molecular formula is C57H98O15. The van der Waals surface area contributed by atoms with Gasteiger partial charge in [0.25, 0.3) is 0 Å². The molecule has 0 aromatic rings. The third kappa shape index (κ3) is 30.5. The summed E-state index contributed by atoms with van der Waals surface area (Å²) in [6.45, 7) is 2.44. The fraction of sp³-hybridized carbons (Fsp3) is 0.789. The van der Waals surface area contributed by atoms with Crippen molar-refractivity contribution in [1.82, 2.24) is 0 Å². The zero-order valence-electron chi connectivity index (χ0n) is 44.1. The minimum absolute atomic E-state index is 0.0863. The van der Waals surface area contributed by atoms with Gasteiger partial charge in [0.1, 0.15) is 55.4 Å². The number of unbranched alkanes of at least 4 members (excludes halogenated alkanes) is 19. The fourth-order valence-electron chi connectivity index (χ4n) is 8.49. The van der Waals surface area contributed by atoms with Crippen molar-refractivity contribution in [3.8, 4) is 0 Å². The molecule has 0 amide bonds. The lowest BCUT2D eigenvalue weighted by molar-refractivity contribution is -0.332. The van der Waals surface area contributed by atoms with E-state index in [4.69, 9.17) is 28.4 Å². The number of ether oxygens (including phenoxy) is 6. The topological polar surface area (TPSA) is 231 Å². The Balaban J connectivity index is 1.79. The Morgan fingerprint density at radius 1 is 0.458 bits per heavy atom. The van der Waals surface area contributed by atoms with Gasteiger partial charge in [0, 0.05) is 12.8 Å². The van der Waals surface area contributed by atoms with Gasteiger partial charge in [0.05, 0.1) is 19.8 Å². The summed E-state index contributed by atoms with van der Waals surface area (Å²) in [4.78, 5) is 25.8. The molecule has 0 spiro atoms. The number of carbonyl (C=O) groups excluding carboxylic acids is 2. The molecule has 0 aromatic carbocycles. The summed E-state index contributed by atoms with van der Waals surface area (Å²) in [5, 5.41) is 72.2. The van der Waals surface area contributed by atoms with Crippen molar-refractivity contribution < 1.29 is 73.8 Å². The number of carbonyl (C=O) groups is 2. The van der Waals surface area contributed by atoms with Crippen LogP contribution in [-0.2, 0) is 38.0 Å². The number of hydrogen-bond acceptors (Lipinski definition) is 15. The second-order valence-corrected chi connectivity index (χ2v) is 19.4. The van der Waals surface area contributed by atoms with Gasteiger partial charge in [-0.05, 0) is 51.4 Å². The van der Waals surface area contributed by atoms with Gasteiger partial charge in [-0.25, -0.2) is 0 Å². The number of aliphatic hydroxyl groups excluding tert-OH is 7. The molecule has 11 unspecified atom stereocenters. The van der Waals surface area contributed by atoms with Crippen LogP contribution in [-0.4, -0.2) is 142 Å². The van der Waals surface area contributed by atoms with Crippen LogP contribution in [0, 0.1) is 0 Å². The summed E-state index contributed by atoms with van der Waals surface area (Å²) in [6.07, 6.45) is 34.0. The van der Waals surface area contributed by atoms with Gasteiger partial charge in [-0.2, -0.15) is 0 Å². The maximum atomic E-state index is 13.0. The van der Waals surface area contributed by atoms with Crippen LogP contribution in [0.2, 0.25) is 0 Å². The van der Waals surface area contributed by atoms with Crippen LogP contribution < -0.4 is 0 Å². The average molecular weight is 1020 g/mol. The standard InChI is InChI=1S/C57H98O15/c1-3-5-7-9-11-13-15-17-19-21-22-24-25-27-29-31-33-35-37-39-48(59)67-42-45(70-49(60)40-38-36-34-32-30-28-26-23-20-18-16-14-12-10-8-6-4-2)43-68-56-55(66)53(64)51(62)47(72-56)44-69-57-54(65)52(63)50(61)46(41-58)71-57/h6,8,12,14,18,20,26,28,32,34,45-47,50-58,61-66H,3-5,7,9-11,13,15-17,19,21-25,27,29-31,33,35-44H2,1-2H3/b8-6-,14-12-,20-18-,28-26-,34-32-. The van der Waals surface area contributed by atoms with E-state index in [0.29, 0.717) is 19.3 Å². The van der Waals surface area contributed by atoms with Crippen LogP contribution in [0.25, 0.3) is 0 Å². The molecule has 0 radical (unpaired) electrons. The molecule has 72 heavy (non-hydrogen) atoms. The number of hydrogen-bond donors (Lipinski definition) is 7. The Labute approximate surface area is 432 Å². The first-order valence-corrected chi connectivity index (χ1v) is 27.9. The molecule has 2 saturated heterocycles. The van der Waals surface area contributed by atoms with Gasteiger partial charge in [-0.15, -0.1) is 0 Å². The van der Waals surface area contributed by atoms with E-state index >= 15 is 0 Å². The second kappa shape index (κ2) is 43.4. The Bertz CT molecular complexity index is 1480. The van der Waals surface area contributed by atoms with Crippen LogP contribution in [0.5, 0.6) is 0 Å². The van der Waals surface area contributed by atoms with Crippen LogP contribution in [0.1, 0.15) is 194 Å². The molecule has 7 N–H and O–H groups in total. The number of rotatable bonds is 43. The monoisotopic (exact) mass is 1020 g/mol. The largest absolute Gasteiger partial charge is 0.462 e. The third-order valence-corrected chi connectivity index (χ3v) is 13.0. The lowest BCUT2D eigenvalue weighted by Gasteiger charge is -2.42. The molecule has 11 atom stereocenters. The fourth-order valence-corrected chi connectivity index (χ4v) is 8.49. The second-order valence-electron chi connectivity index (χ2n) is 19.4. The Kier molecular flexibility index (Phi) is 39.4. The predicted octanol–water partition coefficient (Wildman–Crippen LogP) is 8.83. The van der Waals surface area contributed by atoms with Crippen molar-refractivity contribution in [2.75, 3.05) is 26.4 Å². The maximum absolute atomic E-state index is 13.0. The molecule has 2 heterocycles. The van der Waals surface area contributed by atoms with E-state index in [-0.39, 0.29) is 19.4 Å². The highest BCUT2D eigenvalue weighted by molar-refractivity contribution is 5.70. The van der Waals surface area contributed by atoms with E-state index in [0.717, 1.165) is 51.4 Å². The predicted molar refractivity (Wildman–Crippen MR) is 280 cm³/mol. The summed E-state index contributed by atoms with van der Waals surface area (Å²) in [5.74, 6) is -0.989. The molecule has 0 saturated carbocycles. The molecule has 0 aliphatic carbocycles. The number of esters is 2. The summed E-state index contributed by atoms with van der Waals surface area (Å²) < 4.78 is 33.6. The van der Waals surface area contributed by atoms with Gasteiger partial charge in [0.2, 0.25) is 0 Å². The molecule has 2 aliphatic rings. The van der Waals surface area contributed by atoms with E-state index in [9.17, 15) is 45.3 Å². The summed E-state index contributed by atoms with van der Waals surface area (Å²) >= 11 is 0. The van der Waals surface area contributed by atoms with Crippen LogP contribution >= 0.6 is 0 Å². The van der Waals surface area contributed by atoms with E-state index < -0.39 is 99.3 Å². The summed E-state index contributed by atoms with van der Waals surface area (Å²) in [7, 11) is 0. The summed E-state index contributed by atoms with van der Waals surface area (Å²) in [6, 6.07) is 0. The van der Waals surface area contributed by atoms with Crippen molar-refractivity contribution >= 4 is 11.9 Å². The molecule has 2 fully saturated rings. The zero-order valence-corrected chi connectivity index (χ0v) is 44.1. The van der Waals surface area contributed by atoms with Gasteiger partial charge in [-0.1, -0.05) is 190 Å². The Morgan fingerprint density at radius 3 is 1.36 bits per heavy atom. The van der Waals surface area contributed by atoms with Crippen molar-refractivity contribution in [3.63, 3.8) is 0 Å². The van der Waals surface area contributed by atoms with E-state index in [2.05, 4.69) is 62.5 Å². The summed E-state index contributed by atoms with van der Waals surface area (Å²) in [5.41, 5.74) is 0. The Morgan fingerprint density at radius 2 is 0.875 bits per heavy atom. The highest BCUT2D eigenvalue weighted by Gasteiger charge is 2.47. The lowest BCUT2D eigenvalue weighted by atomic mass is 9.98.